The van der Waals surface area contributed by atoms with E-state index in [0.29, 0.717) is 12.8 Å². The number of hydrogen-bond acceptors (Lipinski definition) is 5. The monoisotopic (exact) mass is 288 g/mol. The first-order valence-corrected chi connectivity index (χ1v) is 7.61. The molecule has 1 heterocycles. The first-order valence-electron chi connectivity index (χ1n) is 5.79. The smallest absolute Gasteiger partial charge is 0.327 e. The molecule has 0 atom stereocenters. The molecule has 1 aromatic carbocycles. The third-order valence-corrected chi connectivity index (χ3v) is 4.80. The fourth-order valence-electron chi connectivity index (χ4n) is 2.07. The van der Waals surface area contributed by atoms with Crippen molar-refractivity contribution in [1.82, 2.24) is 0 Å². The minimum atomic E-state index is -2.99. The standard InChI is InChI=1S/C11H13FN2O4S/c12-9-2-1-3-10(11(9)14(15)16)13-8-4-6-19(17,18)7-5-8/h1-3,8,13H,4-7H2. The molecule has 1 fully saturated rings. The maximum atomic E-state index is 13.4. The molecule has 0 saturated carbocycles. The highest BCUT2D eigenvalue weighted by Gasteiger charge is 2.26. The lowest BCUT2D eigenvalue weighted by Gasteiger charge is -2.23. The number of hydrogen-bond donors (Lipinski definition) is 1. The fraction of sp³-hybridized carbons (Fsp3) is 0.455. The normalized spacial score (nSPS) is 19.0. The van der Waals surface area contributed by atoms with Crippen LogP contribution in [-0.4, -0.2) is 30.9 Å². The molecule has 0 unspecified atom stereocenters. The maximum Gasteiger partial charge on any atom is 0.327 e. The molecule has 0 aliphatic carbocycles. The van der Waals surface area contributed by atoms with Crippen LogP contribution < -0.4 is 5.32 Å². The number of benzene rings is 1. The number of sulfone groups is 1. The van der Waals surface area contributed by atoms with Gasteiger partial charge in [-0.3, -0.25) is 10.1 Å². The lowest BCUT2D eigenvalue weighted by Crippen LogP contribution is -2.32. The lowest BCUT2D eigenvalue weighted by atomic mass is 10.1. The van der Waals surface area contributed by atoms with Gasteiger partial charge in [0.05, 0.1) is 16.4 Å². The summed E-state index contributed by atoms with van der Waals surface area (Å²) in [5.74, 6) is -0.805. The van der Waals surface area contributed by atoms with E-state index in [1.54, 1.807) is 0 Å². The summed E-state index contributed by atoms with van der Waals surface area (Å²) in [6, 6.07) is 3.63. The van der Waals surface area contributed by atoms with Crippen LogP contribution in [0.1, 0.15) is 12.8 Å². The van der Waals surface area contributed by atoms with Crippen molar-refractivity contribution >= 4 is 21.2 Å². The van der Waals surface area contributed by atoms with Gasteiger partial charge in [0.25, 0.3) is 0 Å². The molecule has 0 aromatic heterocycles. The average Bonchev–Trinajstić information content (AvgIpc) is 2.31. The Morgan fingerprint density at radius 3 is 2.53 bits per heavy atom. The van der Waals surface area contributed by atoms with Crippen LogP contribution in [0.15, 0.2) is 18.2 Å². The molecular formula is C11H13FN2O4S. The summed E-state index contributed by atoms with van der Waals surface area (Å²) in [4.78, 5) is 10.0. The molecule has 0 spiro atoms. The molecule has 1 saturated heterocycles. The largest absolute Gasteiger partial charge is 0.377 e. The minimum Gasteiger partial charge on any atom is -0.377 e. The second kappa shape index (κ2) is 5.12. The molecule has 6 nitrogen and oxygen atoms in total. The van der Waals surface area contributed by atoms with E-state index in [9.17, 15) is 22.9 Å². The van der Waals surface area contributed by atoms with Crippen LogP contribution in [0.25, 0.3) is 0 Å². The molecule has 8 heteroatoms. The Bertz CT molecular complexity index is 589. The predicted octanol–water partition coefficient (Wildman–Crippen LogP) is 1.72. The number of nitro benzene ring substituents is 1. The third kappa shape index (κ3) is 3.19. The second-order valence-corrected chi connectivity index (χ2v) is 6.77. The fourth-order valence-corrected chi connectivity index (χ4v) is 3.56. The number of halogens is 1. The van der Waals surface area contributed by atoms with Gasteiger partial charge in [0.1, 0.15) is 15.5 Å². The molecule has 0 bridgehead atoms. The SMILES string of the molecule is O=[N+]([O-])c1c(F)cccc1NC1CCS(=O)(=O)CC1. The van der Waals surface area contributed by atoms with E-state index in [4.69, 9.17) is 0 Å². The second-order valence-electron chi connectivity index (χ2n) is 4.46. The summed E-state index contributed by atoms with van der Waals surface area (Å²) in [6.45, 7) is 0. The molecule has 2 rings (SSSR count). The summed E-state index contributed by atoms with van der Waals surface area (Å²) in [5, 5.41) is 13.7. The van der Waals surface area contributed by atoms with E-state index < -0.39 is 26.3 Å². The van der Waals surface area contributed by atoms with Crippen molar-refractivity contribution in [3.8, 4) is 0 Å². The topological polar surface area (TPSA) is 89.3 Å². The van der Waals surface area contributed by atoms with Gasteiger partial charge < -0.3 is 5.32 Å². The highest BCUT2D eigenvalue weighted by Crippen LogP contribution is 2.29. The van der Waals surface area contributed by atoms with Gasteiger partial charge in [-0.15, -0.1) is 0 Å². The molecule has 19 heavy (non-hydrogen) atoms. The van der Waals surface area contributed by atoms with Crippen LogP contribution in [0.3, 0.4) is 0 Å². The van der Waals surface area contributed by atoms with Crippen LogP contribution >= 0.6 is 0 Å². The van der Waals surface area contributed by atoms with E-state index >= 15 is 0 Å². The van der Waals surface area contributed by atoms with Crippen molar-refractivity contribution in [1.29, 1.82) is 0 Å². The Morgan fingerprint density at radius 1 is 1.32 bits per heavy atom. The number of nitrogens with zero attached hydrogens (tertiary/aromatic N) is 1. The van der Waals surface area contributed by atoms with Crippen LogP contribution in [-0.2, 0) is 9.84 Å². The molecule has 1 aliphatic rings. The minimum absolute atomic E-state index is 0.0494. The molecule has 0 amide bonds. The Kier molecular flexibility index (Phi) is 3.70. The summed E-state index contributed by atoms with van der Waals surface area (Å²) >= 11 is 0. The Hall–Kier alpha value is -1.70. The van der Waals surface area contributed by atoms with Gasteiger partial charge in [0.15, 0.2) is 0 Å². The predicted molar refractivity (Wildman–Crippen MR) is 68.4 cm³/mol. The van der Waals surface area contributed by atoms with Crippen LogP contribution in [0.5, 0.6) is 0 Å². The van der Waals surface area contributed by atoms with Crippen molar-refractivity contribution in [2.45, 2.75) is 18.9 Å². The van der Waals surface area contributed by atoms with E-state index in [1.165, 1.54) is 12.1 Å². The van der Waals surface area contributed by atoms with E-state index in [-0.39, 0.29) is 23.2 Å². The van der Waals surface area contributed by atoms with Crippen molar-refractivity contribution in [2.24, 2.45) is 0 Å². The zero-order valence-corrected chi connectivity index (χ0v) is 10.8. The number of nitro groups is 1. The number of anilines is 1. The molecular weight excluding hydrogens is 275 g/mol. The number of para-hydroxylation sites is 1. The third-order valence-electron chi connectivity index (χ3n) is 3.08. The number of nitrogens with one attached hydrogen (secondary N) is 1. The first kappa shape index (κ1) is 13.7. The van der Waals surface area contributed by atoms with Gasteiger partial charge in [-0.05, 0) is 25.0 Å². The molecule has 1 aliphatic heterocycles. The van der Waals surface area contributed by atoms with Crippen molar-refractivity contribution in [2.75, 3.05) is 16.8 Å². The summed E-state index contributed by atoms with van der Waals surface area (Å²) in [6.07, 6.45) is 0.742. The quantitative estimate of drug-likeness (QED) is 0.675. The Balaban J connectivity index is 2.16. The summed E-state index contributed by atoms with van der Waals surface area (Å²) < 4.78 is 36.0. The first-order chi connectivity index (χ1) is 8.89. The zero-order valence-electron chi connectivity index (χ0n) is 10.0. The maximum absolute atomic E-state index is 13.4. The Morgan fingerprint density at radius 2 is 1.95 bits per heavy atom. The van der Waals surface area contributed by atoms with Gasteiger partial charge >= 0.3 is 5.69 Å². The van der Waals surface area contributed by atoms with E-state index in [0.717, 1.165) is 6.07 Å². The summed E-state index contributed by atoms with van der Waals surface area (Å²) in [7, 11) is -2.99. The average molecular weight is 288 g/mol. The molecule has 0 radical (unpaired) electrons. The summed E-state index contributed by atoms with van der Waals surface area (Å²) in [5.41, 5.74) is -0.509. The molecule has 1 aromatic rings. The van der Waals surface area contributed by atoms with Crippen molar-refractivity contribution < 1.29 is 17.7 Å². The molecule has 104 valence electrons. The zero-order chi connectivity index (χ0) is 14.0. The van der Waals surface area contributed by atoms with Gasteiger partial charge in [-0.25, -0.2) is 8.42 Å². The van der Waals surface area contributed by atoms with Crippen molar-refractivity contribution in [3.05, 3.63) is 34.1 Å². The highest BCUT2D eigenvalue weighted by molar-refractivity contribution is 7.91. The van der Waals surface area contributed by atoms with Gasteiger partial charge in [-0.1, -0.05) is 6.07 Å². The van der Waals surface area contributed by atoms with Crippen LogP contribution in [0.2, 0.25) is 0 Å². The van der Waals surface area contributed by atoms with Crippen molar-refractivity contribution in [3.63, 3.8) is 0 Å². The van der Waals surface area contributed by atoms with Gasteiger partial charge in [0, 0.05) is 6.04 Å². The van der Waals surface area contributed by atoms with E-state index in [1.807, 2.05) is 0 Å². The van der Waals surface area contributed by atoms with Crippen LogP contribution in [0, 0.1) is 15.9 Å². The number of rotatable bonds is 3. The van der Waals surface area contributed by atoms with Gasteiger partial charge in [-0.2, -0.15) is 4.39 Å². The highest BCUT2D eigenvalue weighted by atomic mass is 32.2. The molecule has 1 N–H and O–H groups in total. The van der Waals surface area contributed by atoms with Crippen LogP contribution in [0.4, 0.5) is 15.8 Å². The lowest BCUT2D eigenvalue weighted by molar-refractivity contribution is -0.386. The van der Waals surface area contributed by atoms with E-state index in [2.05, 4.69) is 5.32 Å². The van der Waals surface area contributed by atoms with Gasteiger partial charge in [0.2, 0.25) is 5.82 Å². The Labute approximate surface area is 109 Å².